The van der Waals surface area contributed by atoms with E-state index in [1.54, 1.807) is 38.1 Å². The van der Waals surface area contributed by atoms with Gasteiger partial charge >= 0.3 is 0 Å². The minimum Gasteiger partial charge on any atom is -0.390 e. The second kappa shape index (κ2) is 6.72. The zero-order valence-electron chi connectivity index (χ0n) is 14.3. The summed E-state index contributed by atoms with van der Waals surface area (Å²) in [6.07, 6.45) is -0.0645. The van der Waals surface area contributed by atoms with Crippen LogP contribution < -0.4 is 5.32 Å². The number of aliphatic hydroxyl groups is 2. The van der Waals surface area contributed by atoms with Crippen LogP contribution >= 0.6 is 0 Å². The number of carbonyl (C=O) groups is 1. The number of hydrogen-bond acceptors (Lipinski definition) is 3. The molecule has 0 spiro atoms. The molecule has 2 aromatic carbocycles. The van der Waals surface area contributed by atoms with Crippen molar-refractivity contribution in [3.63, 3.8) is 0 Å². The lowest BCUT2D eigenvalue weighted by Gasteiger charge is -2.18. The van der Waals surface area contributed by atoms with E-state index >= 15 is 0 Å². The normalized spacial score (nSPS) is 18.9. The number of rotatable bonds is 2. The third-order valence-electron chi connectivity index (χ3n) is 4.15. The number of fused-ring (bicyclic) bond motifs is 1. The third-order valence-corrected chi connectivity index (χ3v) is 4.15. The van der Waals surface area contributed by atoms with Crippen molar-refractivity contribution in [1.29, 1.82) is 0 Å². The first-order valence-corrected chi connectivity index (χ1v) is 8.26. The fourth-order valence-corrected chi connectivity index (χ4v) is 2.90. The van der Waals surface area contributed by atoms with Gasteiger partial charge < -0.3 is 15.5 Å². The Balaban J connectivity index is 1.73. The Kier molecular flexibility index (Phi) is 4.63. The Morgan fingerprint density at radius 3 is 2.52 bits per heavy atom. The van der Waals surface area contributed by atoms with Crippen molar-refractivity contribution in [3.8, 4) is 11.8 Å². The van der Waals surface area contributed by atoms with Crippen LogP contribution in [0.25, 0.3) is 0 Å². The maximum Gasteiger partial charge on any atom is 0.251 e. The van der Waals surface area contributed by atoms with Crippen molar-refractivity contribution in [2.75, 3.05) is 0 Å². The Morgan fingerprint density at radius 1 is 1.16 bits per heavy atom. The molecule has 128 valence electrons. The lowest BCUT2D eigenvalue weighted by Crippen LogP contribution is -2.33. The summed E-state index contributed by atoms with van der Waals surface area (Å²) in [5.41, 5.74) is 2.21. The molecule has 3 rings (SSSR count). The number of amides is 1. The SMILES string of the molecule is CC(C)(O)C#Cc1ccc(C(=O)N[C@H]2c3ccccc3C[C@H]2O)cc1. The van der Waals surface area contributed by atoms with Gasteiger partial charge in [-0.1, -0.05) is 36.1 Å². The molecule has 2 aromatic rings. The van der Waals surface area contributed by atoms with Crippen LogP contribution in [-0.4, -0.2) is 27.8 Å². The number of hydrogen-bond donors (Lipinski definition) is 3. The van der Waals surface area contributed by atoms with Crippen LogP contribution in [0.4, 0.5) is 0 Å². The molecule has 25 heavy (non-hydrogen) atoms. The summed E-state index contributed by atoms with van der Waals surface area (Å²) in [5.74, 6) is 5.37. The zero-order valence-corrected chi connectivity index (χ0v) is 14.3. The molecular weight excluding hydrogens is 314 g/mol. The van der Waals surface area contributed by atoms with Gasteiger partial charge in [-0.3, -0.25) is 4.79 Å². The Hall–Kier alpha value is -2.61. The van der Waals surface area contributed by atoms with Gasteiger partial charge in [0.25, 0.3) is 5.91 Å². The van der Waals surface area contributed by atoms with Crippen molar-refractivity contribution < 1.29 is 15.0 Å². The van der Waals surface area contributed by atoms with Crippen molar-refractivity contribution >= 4 is 5.91 Å². The van der Waals surface area contributed by atoms with Gasteiger partial charge in [0.15, 0.2) is 0 Å². The fourth-order valence-electron chi connectivity index (χ4n) is 2.90. The molecule has 0 radical (unpaired) electrons. The Bertz CT molecular complexity index is 838. The molecule has 0 heterocycles. The van der Waals surface area contributed by atoms with E-state index in [1.807, 2.05) is 24.3 Å². The van der Waals surface area contributed by atoms with Crippen LogP contribution in [0.5, 0.6) is 0 Å². The zero-order chi connectivity index (χ0) is 18.0. The second-order valence-electron chi connectivity index (χ2n) is 6.81. The summed E-state index contributed by atoms with van der Waals surface area (Å²) in [6.45, 7) is 3.24. The Labute approximate surface area is 147 Å². The van der Waals surface area contributed by atoms with Gasteiger partial charge in [0.1, 0.15) is 5.60 Å². The van der Waals surface area contributed by atoms with E-state index in [1.165, 1.54) is 0 Å². The molecule has 1 aliphatic carbocycles. The highest BCUT2D eigenvalue weighted by atomic mass is 16.3. The monoisotopic (exact) mass is 335 g/mol. The molecular formula is C21H21NO3. The van der Waals surface area contributed by atoms with E-state index in [0.717, 1.165) is 16.7 Å². The highest BCUT2D eigenvalue weighted by molar-refractivity contribution is 5.94. The van der Waals surface area contributed by atoms with Gasteiger partial charge in [0, 0.05) is 17.5 Å². The number of aliphatic hydroxyl groups excluding tert-OH is 1. The standard InChI is InChI=1S/C21H21NO3/c1-21(2,25)12-11-14-7-9-15(10-8-14)20(24)22-19-17-6-4-3-5-16(17)13-18(19)23/h3-10,18-19,23,25H,13H2,1-2H3,(H,22,24)/t18-,19+/m1/s1. The number of carbonyl (C=O) groups excluding carboxylic acids is 1. The van der Waals surface area contributed by atoms with Gasteiger partial charge in [-0.25, -0.2) is 0 Å². The van der Waals surface area contributed by atoms with Crippen LogP contribution in [0.1, 0.15) is 46.9 Å². The van der Waals surface area contributed by atoms with E-state index in [9.17, 15) is 15.0 Å². The van der Waals surface area contributed by atoms with E-state index in [2.05, 4.69) is 17.2 Å². The van der Waals surface area contributed by atoms with E-state index in [4.69, 9.17) is 0 Å². The maximum absolute atomic E-state index is 12.5. The number of nitrogens with one attached hydrogen (secondary N) is 1. The minimum absolute atomic E-state index is 0.234. The molecule has 4 heteroatoms. The van der Waals surface area contributed by atoms with Crippen molar-refractivity contribution in [2.45, 2.75) is 38.0 Å². The predicted molar refractivity (Wildman–Crippen MR) is 96.0 cm³/mol. The lowest BCUT2D eigenvalue weighted by atomic mass is 10.1. The summed E-state index contributed by atoms with van der Waals surface area (Å²) >= 11 is 0. The molecule has 0 fully saturated rings. The molecule has 1 amide bonds. The molecule has 0 aliphatic heterocycles. The fraction of sp³-hybridized carbons (Fsp3) is 0.286. The molecule has 3 N–H and O–H groups in total. The first-order chi connectivity index (χ1) is 11.8. The topological polar surface area (TPSA) is 69.6 Å². The van der Waals surface area contributed by atoms with Gasteiger partial charge in [-0.2, -0.15) is 0 Å². The molecule has 0 saturated carbocycles. The average molecular weight is 335 g/mol. The molecule has 1 aliphatic rings. The van der Waals surface area contributed by atoms with Crippen LogP contribution in [0.15, 0.2) is 48.5 Å². The summed E-state index contributed by atoms with van der Waals surface area (Å²) in [6, 6.07) is 14.2. The summed E-state index contributed by atoms with van der Waals surface area (Å²) < 4.78 is 0. The first kappa shape index (κ1) is 17.2. The summed E-state index contributed by atoms with van der Waals surface area (Å²) in [5, 5.41) is 22.8. The van der Waals surface area contributed by atoms with Gasteiger partial charge in [-0.05, 0) is 49.2 Å². The largest absolute Gasteiger partial charge is 0.390 e. The van der Waals surface area contributed by atoms with E-state index < -0.39 is 17.7 Å². The lowest BCUT2D eigenvalue weighted by molar-refractivity contribution is 0.0858. The summed E-state index contributed by atoms with van der Waals surface area (Å²) in [4.78, 5) is 12.5. The molecule has 2 atom stereocenters. The van der Waals surface area contributed by atoms with Crippen molar-refractivity contribution in [1.82, 2.24) is 5.32 Å². The van der Waals surface area contributed by atoms with Gasteiger partial charge in [0.05, 0.1) is 12.1 Å². The highest BCUT2D eigenvalue weighted by Crippen LogP contribution is 2.31. The van der Waals surface area contributed by atoms with Crippen molar-refractivity contribution in [3.05, 3.63) is 70.8 Å². The quantitative estimate of drug-likeness (QED) is 0.737. The van der Waals surface area contributed by atoms with Crippen LogP contribution in [0.3, 0.4) is 0 Å². The molecule has 0 bridgehead atoms. The predicted octanol–water partition coefficient (Wildman–Crippen LogP) is 2.20. The number of benzene rings is 2. The molecule has 0 aromatic heterocycles. The Morgan fingerprint density at radius 2 is 1.84 bits per heavy atom. The smallest absolute Gasteiger partial charge is 0.251 e. The van der Waals surface area contributed by atoms with Crippen LogP contribution in [0.2, 0.25) is 0 Å². The molecule has 0 saturated heterocycles. The first-order valence-electron chi connectivity index (χ1n) is 8.26. The molecule has 0 unspecified atom stereocenters. The van der Waals surface area contributed by atoms with Crippen molar-refractivity contribution in [2.24, 2.45) is 0 Å². The summed E-state index contributed by atoms with van der Waals surface area (Å²) in [7, 11) is 0. The van der Waals surface area contributed by atoms with E-state index in [0.29, 0.717) is 12.0 Å². The minimum atomic E-state index is -1.05. The molecule has 4 nitrogen and oxygen atoms in total. The second-order valence-corrected chi connectivity index (χ2v) is 6.81. The maximum atomic E-state index is 12.5. The van der Waals surface area contributed by atoms with Crippen LogP contribution in [0, 0.1) is 11.8 Å². The van der Waals surface area contributed by atoms with Gasteiger partial charge in [-0.15, -0.1) is 0 Å². The highest BCUT2D eigenvalue weighted by Gasteiger charge is 2.31. The average Bonchev–Trinajstić information content (AvgIpc) is 2.88. The van der Waals surface area contributed by atoms with Gasteiger partial charge in [0.2, 0.25) is 0 Å². The van der Waals surface area contributed by atoms with Crippen LogP contribution in [-0.2, 0) is 6.42 Å². The third kappa shape index (κ3) is 4.08. The van der Waals surface area contributed by atoms with E-state index in [-0.39, 0.29) is 5.91 Å².